The maximum Gasteiger partial charge on any atom is 0.216 e. The average Bonchev–Trinajstić information content (AvgIpc) is 3.06. The zero-order valence-electron chi connectivity index (χ0n) is 14.0. The third-order valence-electron chi connectivity index (χ3n) is 4.48. The molecule has 0 fully saturated rings. The van der Waals surface area contributed by atoms with Crippen LogP contribution in [-0.2, 0) is 19.3 Å². The molecule has 0 spiro atoms. The first-order chi connectivity index (χ1) is 12.7. The summed E-state index contributed by atoms with van der Waals surface area (Å²) in [5.41, 5.74) is 4.33. The highest BCUT2D eigenvalue weighted by Gasteiger charge is 2.10. The van der Waals surface area contributed by atoms with Crippen LogP contribution in [-0.4, -0.2) is 15.0 Å². The van der Waals surface area contributed by atoms with Crippen LogP contribution in [0.15, 0.2) is 60.9 Å². The highest BCUT2D eigenvalue weighted by molar-refractivity contribution is 6.30. The van der Waals surface area contributed by atoms with E-state index in [1.54, 1.807) is 6.20 Å². The first-order valence-electron chi connectivity index (χ1n) is 8.49. The highest BCUT2D eigenvalue weighted by atomic mass is 35.5. The topological polar surface area (TPSA) is 41.6 Å². The number of pyridine rings is 2. The van der Waals surface area contributed by atoms with Crippen molar-refractivity contribution in [1.82, 2.24) is 15.0 Å². The van der Waals surface area contributed by atoms with E-state index in [1.807, 2.05) is 54.7 Å². The van der Waals surface area contributed by atoms with E-state index in [-0.39, 0.29) is 0 Å². The van der Waals surface area contributed by atoms with Gasteiger partial charge in [0.15, 0.2) is 0 Å². The van der Waals surface area contributed by atoms with Crippen LogP contribution in [0.2, 0.25) is 5.02 Å². The Morgan fingerprint density at radius 3 is 2.62 bits per heavy atom. The third-order valence-corrected chi connectivity index (χ3v) is 4.74. The number of H-pyrrole nitrogens is 1. The van der Waals surface area contributed by atoms with Crippen molar-refractivity contribution >= 4 is 22.6 Å². The molecule has 0 atom stereocenters. The van der Waals surface area contributed by atoms with Gasteiger partial charge in [-0.15, -0.1) is 0 Å². The van der Waals surface area contributed by atoms with Crippen LogP contribution >= 0.6 is 11.6 Å². The van der Waals surface area contributed by atoms with E-state index in [4.69, 9.17) is 11.6 Å². The van der Waals surface area contributed by atoms with Crippen molar-refractivity contribution in [2.24, 2.45) is 0 Å². The molecule has 0 radical (unpaired) electrons. The van der Waals surface area contributed by atoms with E-state index >= 15 is 0 Å². The lowest BCUT2D eigenvalue weighted by Crippen LogP contribution is -2.01. The first kappa shape index (κ1) is 16.7. The van der Waals surface area contributed by atoms with Crippen LogP contribution in [0.1, 0.15) is 22.4 Å². The van der Waals surface area contributed by atoms with E-state index in [0.717, 1.165) is 39.3 Å². The summed E-state index contributed by atoms with van der Waals surface area (Å²) in [6.45, 7) is 0. The van der Waals surface area contributed by atoms with Crippen LogP contribution in [0.3, 0.4) is 0 Å². The lowest BCUT2D eigenvalue weighted by molar-refractivity contribution is 0.563. The molecule has 4 rings (SSSR count). The van der Waals surface area contributed by atoms with Gasteiger partial charge in [0.2, 0.25) is 5.95 Å². The SMILES string of the molecule is Fc1nc(CCc2ccc(Cl)cc2)ccc1Cc1c[nH]c2ncccc12. The molecule has 0 amide bonds. The van der Waals surface area contributed by atoms with Crippen molar-refractivity contribution in [1.29, 1.82) is 0 Å². The lowest BCUT2D eigenvalue weighted by Gasteiger charge is -2.06. The Bertz CT molecular complexity index is 1040. The van der Waals surface area contributed by atoms with Gasteiger partial charge in [-0.1, -0.05) is 29.8 Å². The van der Waals surface area contributed by atoms with Crippen molar-refractivity contribution in [3.05, 3.63) is 94.3 Å². The Morgan fingerprint density at radius 1 is 0.962 bits per heavy atom. The second-order valence-electron chi connectivity index (χ2n) is 6.27. The quantitative estimate of drug-likeness (QED) is 0.498. The molecule has 0 aliphatic rings. The number of fused-ring (bicyclic) bond motifs is 1. The third kappa shape index (κ3) is 3.60. The Morgan fingerprint density at radius 2 is 1.81 bits per heavy atom. The van der Waals surface area contributed by atoms with E-state index in [0.29, 0.717) is 18.4 Å². The molecule has 1 N–H and O–H groups in total. The van der Waals surface area contributed by atoms with Crippen LogP contribution in [0, 0.1) is 5.95 Å². The predicted molar refractivity (Wildman–Crippen MR) is 102 cm³/mol. The fourth-order valence-electron chi connectivity index (χ4n) is 3.06. The second kappa shape index (κ2) is 7.26. The Labute approximate surface area is 155 Å². The van der Waals surface area contributed by atoms with Crippen molar-refractivity contribution in [3.63, 3.8) is 0 Å². The molecule has 26 heavy (non-hydrogen) atoms. The zero-order valence-corrected chi connectivity index (χ0v) is 14.8. The van der Waals surface area contributed by atoms with Crippen molar-refractivity contribution in [2.75, 3.05) is 0 Å². The molecule has 0 aliphatic heterocycles. The van der Waals surface area contributed by atoms with E-state index in [9.17, 15) is 4.39 Å². The summed E-state index contributed by atoms with van der Waals surface area (Å²) < 4.78 is 14.5. The number of nitrogens with zero attached hydrogens (tertiary/aromatic N) is 2. The minimum atomic E-state index is -0.406. The summed E-state index contributed by atoms with van der Waals surface area (Å²) in [6.07, 6.45) is 5.60. The minimum Gasteiger partial charge on any atom is -0.346 e. The molecule has 1 aromatic carbocycles. The van der Waals surface area contributed by atoms with Crippen molar-refractivity contribution in [2.45, 2.75) is 19.3 Å². The Hall–Kier alpha value is -2.72. The molecule has 0 unspecified atom stereocenters. The van der Waals surface area contributed by atoms with Crippen LogP contribution in [0.25, 0.3) is 11.0 Å². The fraction of sp³-hybridized carbons (Fsp3) is 0.143. The smallest absolute Gasteiger partial charge is 0.216 e. The largest absolute Gasteiger partial charge is 0.346 e. The zero-order chi connectivity index (χ0) is 17.9. The van der Waals surface area contributed by atoms with E-state index < -0.39 is 5.95 Å². The predicted octanol–water partition coefficient (Wildman–Crippen LogP) is 5.13. The minimum absolute atomic E-state index is 0.406. The van der Waals surface area contributed by atoms with Gasteiger partial charge in [0.25, 0.3) is 0 Å². The molecule has 0 aliphatic carbocycles. The van der Waals surface area contributed by atoms with Crippen LogP contribution in [0.4, 0.5) is 4.39 Å². The molecular weight excluding hydrogens is 349 g/mol. The molecule has 130 valence electrons. The summed E-state index contributed by atoms with van der Waals surface area (Å²) in [5, 5.41) is 1.73. The normalized spacial score (nSPS) is 11.2. The molecule has 4 aromatic rings. The first-order valence-corrected chi connectivity index (χ1v) is 8.86. The summed E-state index contributed by atoms with van der Waals surface area (Å²) in [6, 6.07) is 15.3. The molecule has 3 heterocycles. The lowest BCUT2D eigenvalue weighted by atomic mass is 10.0. The molecule has 0 saturated heterocycles. The number of aromatic amines is 1. The maximum atomic E-state index is 14.5. The fourth-order valence-corrected chi connectivity index (χ4v) is 3.19. The summed E-state index contributed by atoms with van der Waals surface area (Å²) in [7, 11) is 0. The summed E-state index contributed by atoms with van der Waals surface area (Å²) in [5.74, 6) is -0.406. The number of rotatable bonds is 5. The number of hydrogen-bond acceptors (Lipinski definition) is 2. The number of aromatic nitrogens is 3. The van der Waals surface area contributed by atoms with Crippen molar-refractivity contribution in [3.8, 4) is 0 Å². The standard InChI is InChI=1S/C21H17ClFN3/c22-17-7-3-14(4-8-17)5-9-18-10-6-15(20(23)26-18)12-16-13-25-21-19(16)2-1-11-24-21/h1-4,6-8,10-11,13H,5,9,12H2,(H,24,25). The van der Waals surface area contributed by atoms with Gasteiger partial charge in [-0.3, -0.25) is 0 Å². The molecule has 0 saturated carbocycles. The summed E-state index contributed by atoms with van der Waals surface area (Å²) >= 11 is 5.89. The summed E-state index contributed by atoms with van der Waals surface area (Å²) in [4.78, 5) is 11.5. The number of nitrogens with one attached hydrogen (secondary N) is 1. The molecule has 3 aromatic heterocycles. The number of benzene rings is 1. The van der Waals surface area contributed by atoms with Gasteiger partial charge < -0.3 is 4.98 Å². The molecule has 5 heteroatoms. The van der Waals surface area contributed by atoms with Gasteiger partial charge in [-0.25, -0.2) is 9.97 Å². The van der Waals surface area contributed by atoms with Gasteiger partial charge in [0.05, 0.1) is 0 Å². The van der Waals surface area contributed by atoms with Gasteiger partial charge in [-0.05, 0) is 54.3 Å². The Kier molecular flexibility index (Phi) is 4.67. The van der Waals surface area contributed by atoms with Gasteiger partial charge >= 0.3 is 0 Å². The number of halogens is 2. The van der Waals surface area contributed by atoms with Crippen molar-refractivity contribution < 1.29 is 4.39 Å². The van der Waals surface area contributed by atoms with Gasteiger partial charge in [0.1, 0.15) is 5.65 Å². The maximum absolute atomic E-state index is 14.5. The number of hydrogen-bond donors (Lipinski definition) is 1. The van der Waals surface area contributed by atoms with Gasteiger partial charge in [-0.2, -0.15) is 4.39 Å². The van der Waals surface area contributed by atoms with Crippen LogP contribution < -0.4 is 0 Å². The number of aryl methyl sites for hydroxylation is 2. The van der Waals surface area contributed by atoms with E-state index in [1.165, 1.54) is 0 Å². The average molecular weight is 366 g/mol. The monoisotopic (exact) mass is 365 g/mol. The highest BCUT2D eigenvalue weighted by Crippen LogP contribution is 2.21. The Balaban J connectivity index is 1.48. The van der Waals surface area contributed by atoms with Gasteiger partial charge in [0, 0.05) is 40.5 Å². The second-order valence-corrected chi connectivity index (χ2v) is 6.71. The van der Waals surface area contributed by atoms with Crippen LogP contribution in [0.5, 0.6) is 0 Å². The van der Waals surface area contributed by atoms with E-state index in [2.05, 4.69) is 15.0 Å². The molecule has 0 bridgehead atoms. The molecule has 3 nitrogen and oxygen atoms in total. The molecular formula is C21H17ClFN3.